The molecule has 2 aromatic heterocycles. The molecule has 158 valence electrons. The number of nitro groups is 2. The molecule has 2 heterocycles. The van der Waals surface area contributed by atoms with E-state index >= 15 is 0 Å². The molecule has 0 saturated heterocycles. The zero-order valence-corrected chi connectivity index (χ0v) is 16.5. The Hall–Kier alpha value is -4.73. The lowest BCUT2D eigenvalue weighted by Crippen LogP contribution is -2.25. The molecule has 32 heavy (non-hydrogen) atoms. The third-order valence-corrected chi connectivity index (χ3v) is 4.82. The first-order chi connectivity index (χ1) is 15.4. The number of nitrogens with zero attached hydrogens (tertiary/aromatic N) is 5. The summed E-state index contributed by atoms with van der Waals surface area (Å²) in [7, 11) is 0. The van der Waals surface area contributed by atoms with Crippen LogP contribution in [0.3, 0.4) is 0 Å². The van der Waals surface area contributed by atoms with Gasteiger partial charge in [-0.2, -0.15) is 0 Å². The Labute approximate surface area is 180 Å². The number of non-ortho nitro benzene ring substituents is 2. The second-order valence-corrected chi connectivity index (χ2v) is 6.82. The number of pyridine rings is 1. The van der Waals surface area contributed by atoms with Crippen molar-refractivity contribution in [3.05, 3.63) is 115 Å². The highest BCUT2D eigenvalue weighted by molar-refractivity contribution is 5.66. The summed E-state index contributed by atoms with van der Waals surface area (Å²) in [6.07, 6.45) is 3.01. The fourth-order valence-corrected chi connectivity index (χ4v) is 3.22. The van der Waals surface area contributed by atoms with Gasteiger partial charge in [0, 0.05) is 42.2 Å². The van der Waals surface area contributed by atoms with Crippen LogP contribution in [0.5, 0.6) is 0 Å². The lowest BCUT2D eigenvalue weighted by molar-refractivity contribution is -0.385. The molecule has 0 fully saturated rings. The Morgan fingerprint density at radius 3 is 1.91 bits per heavy atom. The summed E-state index contributed by atoms with van der Waals surface area (Å²) in [5.74, 6) is 0.321. The van der Waals surface area contributed by atoms with Crippen LogP contribution < -0.4 is 5.56 Å². The maximum atomic E-state index is 13.4. The molecule has 0 aliphatic carbocycles. The van der Waals surface area contributed by atoms with Crippen molar-refractivity contribution in [1.29, 1.82) is 0 Å². The topological polar surface area (TPSA) is 134 Å². The van der Waals surface area contributed by atoms with E-state index in [0.29, 0.717) is 22.6 Å². The van der Waals surface area contributed by atoms with Crippen molar-refractivity contribution in [1.82, 2.24) is 14.5 Å². The summed E-state index contributed by atoms with van der Waals surface area (Å²) in [6.45, 7) is 0.125. The van der Waals surface area contributed by atoms with Gasteiger partial charge in [0.05, 0.1) is 27.6 Å². The molecule has 0 amide bonds. The Morgan fingerprint density at radius 2 is 1.38 bits per heavy atom. The van der Waals surface area contributed by atoms with Gasteiger partial charge in [0.25, 0.3) is 16.9 Å². The highest BCUT2D eigenvalue weighted by Gasteiger charge is 2.16. The molecule has 4 aromatic rings. The van der Waals surface area contributed by atoms with Gasteiger partial charge in [-0.1, -0.05) is 6.07 Å². The highest BCUT2D eigenvalue weighted by atomic mass is 16.6. The summed E-state index contributed by atoms with van der Waals surface area (Å²) in [5.41, 5.74) is 1.37. The van der Waals surface area contributed by atoms with Crippen LogP contribution >= 0.6 is 0 Å². The minimum Gasteiger partial charge on any atom is -0.286 e. The van der Waals surface area contributed by atoms with Gasteiger partial charge in [-0.15, -0.1) is 0 Å². The molecule has 0 saturated carbocycles. The van der Waals surface area contributed by atoms with Crippen LogP contribution in [0.1, 0.15) is 5.69 Å². The molecule has 0 unspecified atom stereocenters. The number of benzene rings is 2. The Kier molecular flexibility index (Phi) is 5.49. The van der Waals surface area contributed by atoms with Crippen LogP contribution in [0.25, 0.3) is 22.5 Å². The molecule has 0 radical (unpaired) electrons. The van der Waals surface area contributed by atoms with Crippen molar-refractivity contribution in [2.24, 2.45) is 0 Å². The molecule has 10 nitrogen and oxygen atoms in total. The number of aromatic nitrogens is 3. The fraction of sp³-hybridized carbons (Fsp3) is 0.0455. The smallest absolute Gasteiger partial charge is 0.269 e. The van der Waals surface area contributed by atoms with E-state index in [1.54, 1.807) is 24.4 Å². The zero-order chi connectivity index (χ0) is 22.7. The van der Waals surface area contributed by atoms with Crippen molar-refractivity contribution in [2.75, 3.05) is 0 Å². The van der Waals surface area contributed by atoms with Crippen molar-refractivity contribution >= 4 is 11.4 Å². The molecule has 10 heteroatoms. The summed E-state index contributed by atoms with van der Waals surface area (Å²) in [6, 6.07) is 16.7. The average molecular weight is 429 g/mol. The van der Waals surface area contributed by atoms with Crippen molar-refractivity contribution < 1.29 is 9.85 Å². The molecule has 0 bridgehead atoms. The number of hydrogen-bond donors (Lipinski definition) is 0. The van der Waals surface area contributed by atoms with E-state index in [-0.39, 0.29) is 29.0 Å². The van der Waals surface area contributed by atoms with E-state index in [0.717, 1.165) is 0 Å². The first-order valence-electron chi connectivity index (χ1n) is 9.43. The minimum atomic E-state index is -0.515. The van der Waals surface area contributed by atoms with Crippen molar-refractivity contribution in [3.63, 3.8) is 0 Å². The van der Waals surface area contributed by atoms with E-state index < -0.39 is 9.85 Å². The molecule has 0 aliphatic rings. The largest absolute Gasteiger partial charge is 0.286 e. The Balaban J connectivity index is 1.84. The number of hydrogen-bond acceptors (Lipinski definition) is 7. The molecule has 0 spiro atoms. The predicted octanol–water partition coefficient (Wildman–Crippen LogP) is 3.84. The standard InChI is InChI=1S/C22H15N5O5/c28-22-20(15-4-8-18(9-5-15)26(29)30)13-24-21(16-6-10-19(11-7-16)27(31)32)25(22)14-17-3-1-2-12-23-17/h1-13H,14H2. The highest BCUT2D eigenvalue weighted by Crippen LogP contribution is 2.24. The number of nitro benzene ring substituents is 2. The van der Waals surface area contributed by atoms with Crippen molar-refractivity contribution in [3.8, 4) is 22.5 Å². The monoisotopic (exact) mass is 429 g/mol. The molecule has 4 rings (SSSR count). The van der Waals surface area contributed by atoms with E-state index in [1.807, 2.05) is 0 Å². The van der Waals surface area contributed by atoms with Gasteiger partial charge in [0.1, 0.15) is 5.82 Å². The SMILES string of the molecule is O=c1c(-c2ccc([N+](=O)[O-])cc2)cnc(-c2ccc([N+](=O)[O-])cc2)n1Cc1ccccn1. The molecule has 0 atom stereocenters. The normalized spacial score (nSPS) is 10.6. The average Bonchev–Trinajstić information content (AvgIpc) is 2.81. The molecule has 0 N–H and O–H groups in total. The molecular formula is C22H15N5O5. The van der Waals surface area contributed by atoms with Gasteiger partial charge < -0.3 is 0 Å². The molecule has 0 aliphatic heterocycles. The second-order valence-electron chi connectivity index (χ2n) is 6.82. The summed E-state index contributed by atoms with van der Waals surface area (Å²) in [4.78, 5) is 43.0. The van der Waals surface area contributed by atoms with Crippen LogP contribution in [0.2, 0.25) is 0 Å². The van der Waals surface area contributed by atoms with E-state index in [4.69, 9.17) is 0 Å². The van der Waals surface area contributed by atoms with Gasteiger partial charge in [-0.05, 0) is 42.0 Å². The quantitative estimate of drug-likeness (QED) is 0.336. The van der Waals surface area contributed by atoms with Gasteiger partial charge in [-0.3, -0.25) is 34.6 Å². The second kappa shape index (κ2) is 8.56. The first kappa shape index (κ1) is 20.5. The van der Waals surface area contributed by atoms with Crippen LogP contribution in [-0.2, 0) is 6.54 Å². The maximum Gasteiger partial charge on any atom is 0.269 e. The van der Waals surface area contributed by atoms with Crippen LogP contribution in [0.15, 0.2) is 83.9 Å². The van der Waals surface area contributed by atoms with E-state index in [2.05, 4.69) is 9.97 Å². The summed E-state index contributed by atoms with van der Waals surface area (Å²) >= 11 is 0. The minimum absolute atomic E-state index is 0.0742. The van der Waals surface area contributed by atoms with Crippen molar-refractivity contribution in [2.45, 2.75) is 6.54 Å². The van der Waals surface area contributed by atoms with E-state index in [9.17, 15) is 25.0 Å². The fourth-order valence-electron chi connectivity index (χ4n) is 3.22. The van der Waals surface area contributed by atoms with Crippen LogP contribution in [0.4, 0.5) is 11.4 Å². The Bertz CT molecular complexity index is 1350. The van der Waals surface area contributed by atoms with Gasteiger partial charge in [0.2, 0.25) is 0 Å². The third kappa shape index (κ3) is 4.10. The molecular weight excluding hydrogens is 414 g/mol. The third-order valence-electron chi connectivity index (χ3n) is 4.82. The van der Waals surface area contributed by atoms with Gasteiger partial charge >= 0.3 is 0 Å². The summed E-state index contributed by atoms with van der Waals surface area (Å²) < 4.78 is 1.43. The van der Waals surface area contributed by atoms with Crippen LogP contribution in [0, 0.1) is 20.2 Å². The molecule has 2 aromatic carbocycles. The van der Waals surface area contributed by atoms with Crippen LogP contribution in [-0.4, -0.2) is 24.4 Å². The lowest BCUT2D eigenvalue weighted by atomic mass is 10.1. The predicted molar refractivity (Wildman–Crippen MR) is 116 cm³/mol. The van der Waals surface area contributed by atoms with E-state index in [1.165, 1.54) is 59.3 Å². The van der Waals surface area contributed by atoms with Gasteiger partial charge in [-0.25, -0.2) is 4.98 Å². The van der Waals surface area contributed by atoms with Gasteiger partial charge in [0.15, 0.2) is 0 Å². The lowest BCUT2D eigenvalue weighted by Gasteiger charge is -2.14. The first-order valence-corrected chi connectivity index (χ1v) is 9.43. The summed E-state index contributed by atoms with van der Waals surface area (Å²) in [5, 5.41) is 21.9. The zero-order valence-electron chi connectivity index (χ0n) is 16.5. The number of rotatable bonds is 6. The maximum absolute atomic E-state index is 13.4. The Morgan fingerprint density at radius 1 is 0.781 bits per heavy atom.